The fourth-order valence-corrected chi connectivity index (χ4v) is 4.24. The summed E-state index contributed by atoms with van der Waals surface area (Å²) < 4.78 is 15.8. The van der Waals surface area contributed by atoms with Crippen LogP contribution in [0.2, 0.25) is 0 Å². The number of hydrogen-bond donors (Lipinski definition) is 1. The van der Waals surface area contributed by atoms with Gasteiger partial charge >= 0.3 is 11.6 Å². The Morgan fingerprint density at radius 3 is 2.76 bits per heavy atom. The van der Waals surface area contributed by atoms with Gasteiger partial charge in [0, 0.05) is 29.5 Å². The zero-order valence-corrected chi connectivity index (χ0v) is 19.2. The van der Waals surface area contributed by atoms with Crippen LogP contribution in [0, 0.1) is 10.1 Å². The maximum Gasteiger partial charge on any atom is 0.373 e. The lowest BCUT2D eigenvalue weighted by atomic mass is 10.0. The highest BCUT2D eigenvalue weighted by atomic mass is 32.1. The van der Waals surface area contributed by atoms with Crippen molar-refractivity contribution in [2.45, 2.75) is 32.4 Å². The first-order valence-corrected chi connectivity index (χ1v) is 11.3. The van der Waals surface area contributed by atoms with Gasteiger partial charge < -0.3 is 14.8 Å². The average molecular weight is 477 g/mol. The van der Waals surface area contributed by atoms with E-state index in [-0.39, 0.29) is 23.0 Å². The van der Waals surface area contributed by atoms with Crippen LogP contribution in [0.4, 0.5) is 11.5 Å². The van der Waals surface area contributed by atoms with Crippen LogP contribution in [0.1, 0.15) is 25.0 Å². The Morgan fingerprint density at radius 1 is 1.21 bits per heavy atom. The first kappa shape index (κ1) is 21.7. The van der Waals surface area contributed by atoms with Crippen LogP contribution in [0.15, 0.2) is 54.2 Å². The third kappa shape index (κ3) is 4.37. The molecule has 2 aromatic heterocycles. The molecule has 1 aliphatic rings. The molecule has 5 rings (SSSR count). The maximum absolute atomic E-state index is 11.9. The molecule has 0 fully saturated rings. The number of para-hydroxylation sites is 1. The zero-order chi connectivity index (χ0) is 23.7. The van der Waals surface area contributed by atoms with E-state index in [0.29, 0.717) is 18.0 Å². The predicted molar refractivity (Wildman–Crippen MR) is 126 cm³/mol. The molecule has 1 aliphatic heterocycles. The predicted octanol–water partition coefficient (Wildman–Crippen LogP) is 5.02. The highest BCUT2D eigenvalue weighted by molar-refractivity contribution is 7.03. The van der Waals surface area contributed by atoms with Gasteiger partial charge in [0.1, 0.15) is 17.6 Å². The fourth-order valence-electron chi connectivity index (χ4n) is 3.77. The summed E-state index contributed by atoms with van der Waals surface area (Å²) in [4.78, 5) is 19.5. The molecule has 3 heterocycles. The van der Waals surface area contributed by atoms with Crippen LogP contribution < -0.4 is 14.8 Å². The van der Waals surface area contributed by atoms with Crippen LogP contribution in [-0.2, 0) is 13.0 Å². The first-order chi connectivity index (χ1) is 16.4. The van der Waals surface area contributed by atoms with Crippen molar-refractivity contribution in [2.24, 2.45) is 0 Å². The van der Waals surface area contributed by atoms with E-state index in [0.717, 1.165) is 28.8 Å². The molecule has 0 radical (unpaired) electrons. The molecule has 2 aromatic carbocycles. The summed E-state index contributed by atoms with van der Waals surface area (Å²) in [5.74, 6) is 0.862. The van der Waals surface area contributed by atoms with Gasteiger partial charge in [0.15, 0.2) is 11.5 Å². The van der Waals surface area contributed by atoms with E-state index in [1.54, 1.807) is 6.07 Å². The topological polar surface area (TPSA) is 125 Å². The third-order valence-electron chi connectivity index (χ3n) is 5.30. The molecule has 11 heteroatoms. The molecule has 0 bridgehead atoms. The largest absolute Gasteiger partial charge is 0.483 e. The Labute approximate surface area is 198 Å². The van der Waals surface area contributed by atoms with Crippen molar-refractivity contribution in [1.29, 1.82) is 0 Å². The molecule has 1 N–H and O–H groups in total. The number of nitrogens with zero attached hydrogens (tertiary/aromatic N) is 5. The maximum atomic E-state index is 11.9. The Hall–Kier alpha value is -4.12. The van der Waals surface area contributed by atoms with Gasteiger partial charge in [0.05, 0.1) is 4.92 Å². The minimum absolute atomic E-state index is 0.0663. The van der Waals surface area contributed by atoms with E-state index in [1.807, 2.05) is 55.6 Å². The molecule has 0 aliphatic carbocycles. The van der Waals surface area contributed by atoms with Crippen molar-refractivity contribution in [1.82, 2.24) is 19.6 Å². The van der Waals surface area contributed by atoms with Gasteiger partial charge in [0.2, 0.25) is 5.82 Å². The van der Waals surface area contributed by atoms with Crippen molar-refractivity contribution in [3.63, 3.8) is 0 Å². The highest BCUT2D eigenvalue weighted by Gasteiger charge is 2.33. The second-order valence-electron chi connectivity index (χ2n) is 8.36. The van der Waals surface area contributed by atoms with E-state index >= 15 is 0 Å². The molecule has 0 unspecified atom stereocenters. The van der Waals surface area contributed by atoms with Crippen molar-refractivity contribution < 1.29 is 14.4 Å². The first-order valence-electron chi connectivity index (χ1n) is 10.5. The summed E-state index contributed by atoms with van der Waals surface area (Å²) >= 11 is 1.29. The van der Waals surface area contributed by atoms with Gasteiger partial charge in [-0.05, 0) is 37.0 Å². The quantitative estimate of drug-likeness (QED) is 0.289. The van der Waals surface area contributed by atoms with E-state index in [9.17, 15) is 10.1 Å². The SMILES string of the molecule is CC1(C)Cc2cccc(Oc3ncnc(NCc4ccc(-c5csnn5)cc4)c3[N+](=O)[O-])c2O1. The number of benzene rings is 2. The number of rotatable bonds is 7. The van der Waals surface area contributed by atoms with E-state index in [2.05, 4.69) is 24.9 Å². The summed E-state index contributed by atoms with van der Waals surface area (Å²) in [6.07, 6.45) is 1.95. The van der Waals surface area contributed by atoms with E-state index in [4.69, 9.17) is 9.47 Å². The Kier molecular flexibility index (Phi) is 5.54. The monoisotopic (exact) mass is 476 g/mol. The Morgan fingerprint density at radius 2 is 2.03 bits per heavy atom. The van der Waals surface area contributed by atoms with Crippen LogP contribution in [0.25, 0.3) is 11.3 Å². The van der Waals surface area contributed by atoms with Gasteiger partial charge in [-0.1, -0.05) is 40.9 Å². The second kappa shape index (κ2) is 8.67. The normalized spacial score (nSPS) is 13.7. The summed E-state index contributed by atoms with van der Waals surface area (Å²) in [6, 6.07) is 13.2. The second-order valence-corrected chi connectivity index (χ2v) is 8.97. The molecule has 0 atom stereocenters. The minimum Gasteiger partial charge on any atom is -0.483 e. The van der Waals surface area contributed by atoms with Gasteiger partial charge in [-0.15, -0.1) is 5.10 Å². The van der Waals surface area contributed by atoms with Gasteiger partial charge in [-0.2, -0.15) is 4.98 Å². The zero-order valence-electron chi connectivity index (χ0n) is 18.4. The lowest BCUT2D eigenvalue weighted by molar-refractivity contribution is -0.385. The number of fused-ring (bicyclic) bond motifs is 1. The molecule has 0 saturated heterocycles. The lowest BCUT2D eigenvalue weighted by Crippen LogP contribution is -2.24. The molecular formula is C23H20N6O4S. The van der Waals surface area contributed by atoms with Crippen LogP contribution in [0.5, 0.6) is 17.4 Å². The lowest BCUT2D eigenvalue weighted by Gasteiger charge is -2.18. The van der Waals surface area contributed by atoms with Crippen LogP contribution in [-0.4, -0.2) is 30.1 Å². The Bertz CT molecular complexity index is 1340. The van der Waals surface area contributed by atoms with Crippen molar-refractivity contribution in [3.05, 3.63) is 75.4 Å². The summed E-state index contributed by atoms with van der Waals surface area (Å²) in [5.41, 5.74) is 2.92. The van der Waals surface area contributed by atoms with E-state index < -0.39 is 4.92 Å². The molecule has 0 saturated carbocycles. The fraction of sp³-hybridized carbons (Fsp3) is 0.217. The van der Waals surface area contributed by atoms with Gasteiger partial charge in [-0.25, -0.2) is 4.98 Å². The molecule has 172 valence electrons. The summed E-state index contributed by atoms with van der Waals surface area (Å²) in [5, 5.41) is 20.9. The number of aromatic nitrogens is 4. The molecule has 0 amide bonds. The van der Waals surface area contributed by atoms with Gasteiger partial charge in [0.25, 0.3) is 0 Å². The molecule has 10 nitrogen and oxygen atoms in total. The third-order valence-corrected chi connectivity index (χ3v) is 5.81. The minimum atomic E-state index is -0.552. The van der Waals surface area contributed by atoms with Crippen LogP contribution >= 0.6 is 11.5 Å². The van der Waals surface area contributed by atoms with Crippen molar-refractivity contribution >= 4 is 23.0 Å². The van der Waals surface area contributed by atoms with Gasteiger partial charge in [-0.3, -0.25) is 10.1 Å². The summed E-state index contributed by atoms with van der Waals surface area (Å²) in [7, 11) is 0. The number of anilines is 1. The van der Waals surface area contributed by atoms with Crippen molar-refractivity contribution in [3.8, 4) is 28.6 Å². The Balaban J connectivity index is 1.37. The standard InChI is InChI=1S/C23H20N6O4S/c1-23(2)10-16-4-3-5-18(20(16)33-23)32-22-19(29(30)31)21(25-13-26-22)24-11-14-6-8-15(9-7-14)17-12-34-28-27-17/h3-9,12-13H,10-11H2,1-2H3,(H,24,25,26). The average Bonchev–Trinajstić information content (AvgIpc) is 3.45. The highest BCUT2D eigenvalue weighted by Crippen LogP contribution is 2.44. The molecule has 34 heavy (non-hydrogen) atoms. The summed E-state index contributed by atoms with van der Waals surface area (Å²) in [6.45, 7) is 4.28. The molecule has 0 spiro atoms. The molecule has 4 aromatic rings. The number of hydrogen-bond acceptors (Lipinski definition) is 10. The van der Waals surface area contributed by atoms with E-state index in [1.165, 1.54) is 17.9 Å². The number of ether oxygens (including phenoxy) is 2. The smallest absolute Gasteiger partial charge is 0.373 e. The van der Waals surface area contributed by atoms with Crippen LogP contribution in [0.3, 0.4) is 0 Å². The molecular weight excluding hydrogens is 456 g/mol. The number of nitrogens with one attached hydrogen (secondary N) is 1. The van der Waals surface area contributed by atoms with Crippen molar-refractivity contribution in [2.75, 3.05) is 5.32 Å². The number of nitro groups is 1.